The van der Waals surface area contributed by atoms with Crippen molar-refractivity contribution in [2.75, 3.05) is 13.2 Å². The first-order valence-corrected chi connectivity index (χ1v) is 12.1. The van der Waals surface area contributed by atoms with Crippen LogP contribution in [-0.2, 0) is 14.3 Å². The monoisotopic (exact) mass is 464 g/mol. The summed E-state index contributed by atoms with van der Waals surface area (Å²) in [5, 5.41) is 12.3. The lowest BCUT2D eigenvalue weighted by Crippen LogP contribution is -2.56. The standard InChI is InChI=1S/C27H32N2O5/c1-3-8-23(25(30)29-14-13-17(2)15-24(29)26(31)32)28-27(33)34-16-22-20-11-6-4-9-18(20)19-10-5-7-12-21(19)22/h4-7,9-12,17,22-24H,3,8,13-16H2,1-2H3,(H,28,33)(H,31,32)/t17?,23-,24?/m0/s1. The molecule has 1 aliphatic carbocycles. The van der Waals surface area contributed by atoms with Gasteiger partial charge in [0.15, 0.2) is 0 Å². The van der Waals surface area contributed by atoms with Crippen LogP contribution < -0.4 is 5.32 Å². The predicted molar refractivity (Wildman–Crippen MR) is 128 cm³/mol. The fourth-order valence-electron chi connectivity index (χ4n) is 5.17. The van der Waals surface area contributed by atoms with Crippen molar-refractivity contribution in [2.24, 2.45) is 5.92 Å². The number of alkyl carbamates (subject to hydrolysis) is 1. The highest BCUT2D eigenvalue weighted by Gasteiger charge is 2.38. The van der Waals surface area contributed by atoms with Crippen LogP contribution in [0.15, 0.2) is 48.5 Å². The van der Waals surface area contributed by atoms with Crippen molar-refractivity contribution in [1.82, 2.24) is 10.2 Å². The molecule has 7 heteroatoms. The number of hydrogen-bond acceptors (Lipinski definition) is 4. The van der Waals surface area contributed by atoms with Crippen LogP contribution in [0.25, 0.3) is 11.1 Å². The Morgan fingerprint density at radius 3 is 2.29 bits per heavy atom. The Bertz CT molecular complexity index is 1020. The van der Waals surface area contributed by atoms with E-state index in [1.165, 1.54) is 4.90 Å². The quantitative estimate of drug-likeness (QED) is 0.633. The Hall–Kier alpha value is -3.35. The van der Waals surface area contributed by atoms with Gasteiger partial charge in [-0.25, -0.2) is 9.59 Å². The van der Waals surface area contributed by atoms with Crippen LogP contribution >= 0.6 is 0 Å². The molecule has 180 valence electrons. The summed E-state index contributed by atoms with van der Waals surface area (Å²) in [4.78, 5) is 39.1. The van der Waals surface area contributed by atoms with Gasteiger partial charge in [-0.05, 0) is 47.4 Å². The average Bonchev–Trinajstić information content (AvgIpc) is 3.15. The number of benzene rings is 2. The maximum absolute atomic E-state index is 13.2. The Morgan fingerprint density at radius 1 is 1.09 bits per heavy atom. The fourth-order valence-corrected chi connectivity index (χ4v) is 5.17. The number of nitrogens with one attached hydrogen (secondary N) is 1. The van der Waals surface area contributed by atoms with E-state index in [-0.39, 0.29) is 24.3 Å². The molecule has 1 saturated heterocycles. The molecule has 34 heavy (non-hydrogen) atoms. The zero-order chi connectivity index (χ0) is 24.2. The summed E-state index contributed by atoms with van der Waals surface area (Å²) in [7, 11) is 0. The molecule has 0 saturated carbocycles. The first-order chi connectivity index (χ1) is 16.4. The van der Waals surface area contributed by atoms with Crippen LogP contribution in [-0.4, -0.2) is 53.2 Å². The molecular weight excluding hydrogens is 432 g/mol. The van der Waals surface area contributed by atoms with E-state index in [0.29, 0.717) is 25.8 Å². The highest BCUT2D eigenvalue weighted by atomic mass is 16.5. The molecule has 0 spiro atoms. The second kappa shape index (κ2) is 10.3. The number of carbonyl (C=O) groups is 3. The molecule has 2 amide bonds. The molecule has 1 heterocycles. The van der Waals surface area contributed by atoms with Gasteiger partial charge < -0.3 is 20.1 Å². The number of ether oxygens (including phenoxy) is 1. The van der Waals surface area contributed by atoms with Gasteiger partial charge in [-0.2, -0.15) is 0 Å². The van der Waals surface area contributed by atoms with Crippen molar-refractivity contribution in [3.05, 3.63) is 59.7 Å². The Balaban J connectivity index is 1.43. The lowest BCUT2D eigenvalue weighted by molar-refractivity contribution is -0.154. The molecule has 3 atom stereocenters. The zero-order valence-electron chi connectivity index (χ0n) is 19.7. The first-order valence-electron chi connectivity index (χ1n) is 12.1. The normalized spacial score (nSPS) is 20.2. The summed E-state index contributed by atoms with van der Waals surface area (Å²) in [5.74, 6) is -1.19. The lowest BCUT2D eigenvalue weighted by atomic mass is 9.91. The van der Waals surface area contributed by atoms with Crippen LogP contribution in [0, 0.1) is 5.92 Å². The topological polar surface area (TPSA) is 95.9 Å². The van der Waals surface area contributed by atoms with E-state index in [1.54, 1.807) is 0 Å². The highest BCUT2D eigenvalue weighted by Crippen LogP contribution is 2.44. The Labute approximate surface area is 200 Å². The van der Waals surface area contributed by atoms with Gasteiger partial charge in [-0.1, -0.05) is 68.8 Å². The fraction of sp³-hybridized carbons (Fsp3) is 0.444. The predicted octanol–water partition coefficient (Wildman–Crippen LogP) is 4.41. The number of amides is 2. The van der Waals surface area contributed by atoms with Gasteiger partial charge in [0.05, 0.1) is 0 Å². The van der Waals surface area contributed by atoms with Crippen molar-refractivity contribution in [1.29, 1.82) is 0 Å². The Morgan fingerprint density at radius 2 is 1.71 bits per heavy atom. The number of carboxylic acid groups (broad SMARTS) is 1. The Kier molecular flexibility index (Phi) is 7.20. The molecule has 0 radical (unpaired) electrons. The number of piperidine rings is 1. The largest absolute Gasteiger partial charge is 0.480 e. The van der Waals surface area contributed by atoms with Gasteiger partial charge in [0.2, 0.25) is 5.91 Å². The summed E-state index contributed by atoms with van der Waals surface area (Å²) < 4.78 is 5.61. The van der Waals surface area contributed by atoms with E-state index < -0.39 is 24.1 Å². The SMILES string of the molecule is CCC[C@H](NC(=O)OCC1c2ccccc2-c2ccccc21)C(=O)N1CCC(C)CC1C(=O)O. The summed E-state index contributed by atoms with van der Waals surface area (Å²) in [5.41, 5.74) is 4.52. The number of hydrogen-bond donors (Lipinski definition) is 2. The zero-order valence-corrected chi connectivity index (χ0v) is 19.7. The maximum atomic E-state index is 13.2. The van der Waals surface area contributed by atoms with E-state index in [2.05, 4.69) is 17.4 Å². The molecule has 2 aromatic carbocycles. The molecular formula is C27H32N2O5. The summed E-state index contributed by atoms with van der Waals surface area (Å²) >= 11 is 0. The van der Waals surface area contributed by atoms with Gasteiger partial charge >= 0.3 is 12.1 Å². The summed E-state index contributed by atoms with van der Waals surface area (Å²) in [6, 6.07) is 14.5. The lowest BCUT2D eigenvalue weighted by Gasteiger charge is -2.38. The summed E-state index contributed by atoms with van der Waals surface area (Å²) in [6.45, 7) is 4.46. The minimum Gasteiger partial charge on any atom is -0.480 e. The molecule has 4 rings (SSSR count). The van der Waals surface area contributed by atoms with Gasteiger partial charge in [0, 0.05) is 12.5 Å². The molecule has 0 aromatic heterocycles. The van der Waals surface area contributed by atoms with Crippen LogP contribution in [0.3, 0.4) is 0 Å². The molecule has 7 nitrogen and oxygen atoms in total. The maximum Gasteiger partial charge on any atom is 0.407 e. The number of carboxylic acids is 1. The molecule has 1 aliphatic heterocycles. The van der Waals surface area contributed by atoms with E-state index >= 15 is 0 Å². The smallest absolute Gasteiger partial charge is 0.407 e. The van der Waals surface area contributed by atoms with Crippen molar-refractivity contribution >= 4 is 18.0 Å². The van der Waals surface area contributed by atoms with Crippen molar-refractivity contribution in [3.8, 4) is 11.1 Å². The number of rotatable bonds is 7. The number of aliphatic carboxylic acids is 1. The minimum absolute atomic E-state index is 0.0709. The van der Waals surface area contributed by atoms with Crippen LogP contribution in [0.4, 0.5) is 4.79 Å². The highest BCUT2D eigenvalue weighted by molar-refractivity contribution is 5.89. The average molecular weight is 465 g/mol. The van der Waals surface area contributed by atoms with Crippen LogP contribution in [0.2, 0.25) is 0 Å². The third-order valence-corrected chi connectivity index (χ3v) is 6.94. The number of fused-ring (bicyclic) bond motifs is 3. The van der Waals surface area contributed by atoms with Gasteiger partial charge in [0.25, 0.3) is 0 Å². The van der Waals surface area contributed by atoms with Gasteiger partial charge in [-0.3, -0.25) is 4.79 Å². The third kappa shape index (κ3) is 4.79. The summed E-state index contributed by atoms with van der Waals surface area (Å²) in [6.07, 6.45) is 1.60. The molecule has 0 bridgehead atoms. The van der Waals surface area contributed by atoms with Crippen LogP contribution in [0.5, 0.6) is 0 Å². The van der Waals surface area contributed by atoms with Gasteiger partial charge in [0.1, 0.15) is 18.7 Å². The molecule has 2 aromatic rings. The minimum atomic E-state index is -1.00. The molecule has 2 unspecified atom stereocenters. The molecule has 1 fully saturated rings. The van der Waals surface area contributed by atoms with Crippen molar-refractivity contribution in [2.45, 2.75) is 57.5 Å². The molecule has 2 aliphatic rings. The van der Waals surface area contributed by atoms with Crippen LogP contribution in [0.1, 0.15) is 56.6 Å². The van der Waals surface area contributed by atoms with Crippen molar-refractivity contribution in [3.63, 3.8) is 0 Å². The van der Waals surface area contributed by atoms with E-state index in [1.807, 2.05) is 50.2 Å². The van der Waals surface area contributed by atoms with E-state index in [0.717, 1.165) is 28.7 Å². The van der Waals surface area contributed by atoms with Gasteiger partial charge in [-0.15, -0.1) is 0 Å². The third-order valence-electron chi connectivity index (χ3n) is 6.94. The number of nitrogens with zero attached hydrogens (tertiary/aromatic N) is 1. The van der Waals surface area contributed by atoms with E-state index in [9.17, 15) is 19.5 Å². The number of likely N-dealkylation sites (tertiary alicyclic amines) is 1. The van der Waals surface area contributed by atoms with Crippen molar-refractivity contribution < 1.29 is 24.2 Å². The molecule has 2 N–H and O–H groups in total. The second-order valence-corrected chi connectivity index (χ2v) is 9.33. The first kappa shape index (κ1) is 23.8. The second-order valence-electron chi connectivity index (χ2n) is 9.33. The number of carbonyl (C=O) groups excluding carboxylic acids is 2. The van der Waals surface area contributed by atoms with E-state index in [4.69, 9.17) is 4.74 Å².